The van der Waals surface area contributed by atoms with E-state index >= 15 is 0 Å². The molecule has 8 heteroatoms. The quantitative estimate of drug-likeness (QED) is 0.137. The lowest BCUT2D eigenvalue weighted by molar-refractivity contribution is -0.129. The van der Waals surface area contributed by atoms with E-state index in [1.165, 1.54) is 11.1 Å². The van der Waals surface area contributed by atoms with Gasteiger partial charge in [0.1, 0.15) is 5.82 Å². The monoisotopic (exact) mass is 558 g/mol. The number of benzene rings is 3. The number of thioether (sulfide) groups is 1. The summed E-state index contributed by atoms with van der Waals surface area (Å²) in [5.74, 6) is 3.38. The minimum Gasteiger partial charge on any atom is -0.493 e. The Hall–Kier alpha value is -3.78. The summed E-state index contributed by atoms with van der Waals surface area (Å²) in [6, 6.07) is 24.6. The molecule has 0 fully saturated rings. The number of carbonyl (C=O) groups is 1. The zero-order valence-corrected chi connectivity index (χ0v) is 24.6. The van der Waals surface area contributed by atoms with Gasteiger partial charge in [-0.3, -0.25) is 9.36 Å². The average molecular weight is 559 g/mol. The number of ether oxygens (including phenoxy) is 2. The highest BCUT2D eigenvalue weighted by Crippen LogP contribution is 2.28. The summed E-state index contributed by atoms with van der Waals surface area (Å²) in [5, 5.41) is 10.0. The van der Waals surface area contributed by atoms with Gasteiger partial charge in [-0.25, -0.2) is 0 Å². The normalized spacial score (nSPS) is 10.9. The number of amides is 1. The SMILES string of the molecule is COc1ccc(CCN(C)C(=O)CCCCSc2nnc(Cc3ccccc3)n2-c2ccccc2C)cc1OC. The van der Waals surface area contributed by atoms with Crippen LogP contribution in [-0.4, -0.2) is 59.1 Å². The van der Waals surface area contributed by atoms with E-state index in [0.717, 1.165) is 47.2 Å². The van der Waals surface area contributed by atoms with Crippen LogP contribution >= 0.6 is 11.8 Å². The van der Waals surface area contributed by atoms with E-state index in [4.69, 9.17) is 9.47 Å². The van der Waals surface area contributed by atoms with Crippen LogP contribution in [-0.2, 0) is 17.6 Å². The van der Waals surface area contributed by atoms with Crippen LogP contribution in [0.1, 0.15) is 41.8 Å². The number of carbonyl (C=O) groups excluding carboxylic acids is 1. The smallest absolute Gasteiger partial charge is 0.222 e. The molecular formula is C32H38N4O3S. The summed E-state index contributed by atoms with van der Waals surface area (Å²) in [5.41, 5.74) is 4.60. The molecule has 0 spiro atoms. The van der Waals surface area contributed by atoms with E-state index in [2.05, 4.69) is 70.2 Å². The van der Waals surface area contributed by atoms with Gasteiger partial charge in [-0.05, 0) is 61.1 Å². The van der Waals surface area contributed by atoms with Crippen molar-refractivity contribution in [2.24, 2.45) is 0 Å². The van der Waals surface area contributed by atoms with E-state index in [1.54, 1.807) is 26.0 Å². The van der Waals surface area contributed by atoms with E-state index in [1.807, 2.05) is 36.2 Å². The van der Waals surface area contributed by atoms with E-state index < -0.39 is 0 Å². The van der Waals surface area contributed by atoms with Gasteiger partial charge in [-0.1, -0.05) is 66.4 Å². The van der Waals surface area contributed by atoms with Crippen molar-refractivity contribution in [3.05, 3.63) is 95.3 Å². The summed E-state index contributed by atoms with van der Waals surface area (Å²) >= 11 is 1.70. The first kappa shape index (κ1) is 29.2. The lowest BCUT2D eigenvalue weighted by atomic mass is 10.1. The fraction of sp³-hybridized carbons (Fsp3) is 0.344. The highest BCUT2D eigenvalue weighted by atomic mass is 32.2. The summed E-state index contributed by atoms with van der Waals surface area (Å²) < 4.78 is 12.9. The van der Waals surface area contributed by atoms with Gasteiger partial charge in [0.15, 0.2) is 16.7 Å². The molecule has 1 aromatic heterocycles. The zero-order chi connectivity index (χ0) is 28.3. The van der Waals surface area contributed by atoms with Crippen molar-refractivity contribution in [2.45, 2.75) is 44.2 Å². The number of unbranched alkanes of at least 4 members (excludes halogenated alkanes) is 1. The molecule has 7 nitrogen and oxygen atoms in total. The highest BCUT2D eigenvalue weighted by molar-refractivity contribution is 7.99. The number of likely N-dealkylation sites (N-methyl/N-ethyl adjacent to an activating group) is 1. The van der Waals surface area contributed by atoms with Crippen LogP contribution in [0.15, 0.2) is 78.0 Å². The maximum atomic E-state index is 12.7. The molecule has 1 heterocycles. The van der Waals surface area contributed by atoms with Crippen LogP contribution in [0.3, 0.4) is 0 Å². The third kappa shape index (κ3) is 7.66. The van der Waals surface area contributed by atoms with Gasteiger partial charge < -0.3 is 14.4 Å². The van der Waals surface area contributed by atoms with Crippen LogP contribution < -0.4 is 9.47 Å². The molecule has 4 rings (SSSR count). The van der Waals surface area contributed by atoms with Gasteiger partial charge in [0.05, 0.1) is 19.9 Å². The number of hydrogen-bond acceptors (Lipinski definition) is 6. The predicted molar refractivity (Wildman–Crippen MR) is 161 cm³/mol. The Balaban J connectivity index is 1.28. The summed E-state index contributed by atoms with van der Waals surface area (Å²) in [6.07, 6.45) is 3.77. The molecule has 0 aliphatic carbocycles. The molecule has 0 unspecified atom stereocenters. The third-order valence-corrected chi connectivity index (χ3v) is 7.90. The fourth-order valence-electron chi connectivity index (χ4n) is 4.53. The molecule has 0 N–H and O–H groups in total. The lowest BCUT2D eigenvalue weighted by Crippen LogP contribution is -2.28. The molecule has 1 amide bonds. The molecule has 0 saturated carbocycles. The van der Waals surface area contributed by atoms with Gasteiger partial charge in [0, 0.05) is 32.2 Å². The number of nitrogens with zero attached hydrogens (tertiary/aromatic N) is 4. The standard InChI is InChI=1S/C32H38N4O3S/c1-24-12-8-9-15-27(24)36-30(23-25-13-6-5-7-14-25)33-34-32(36)40-21-11-10-16-31(37)35(2)20-19-26-17-18-28(38-3)29(22-26)39-4/h5-9,12-15,17-18,22H,10-11,16,19-21,23H2,1-4H3. The van der Waals surface area contributed by atoms with Crippen LogP contribution in [0.25, 0.3) is 5.69 Å². The average Bonchev–Trinajstić information content (AvgIpc) is 3.37. The van der Waals surface area contributed by atoms with E-state index in [-0.39, 0.29) is 5.91 Å². The minimum absolute atomic E-state index is 0.165. The Morgan fingerprint density at radius 1 is 0.900 bits per heavy atom. The van der Waals surface area contributed by atoms with Crippen LogP contribution in [0.2, 0.25) is 0 Å². The second kappa shape index (κ2) is 14.6. The summed E-state index contributed by atoms with van der Waals surface area (Å²) in [6.45, 7) is 2.77. The highest BCUT2D eigenvalue weighted by Gasteiger charge is 2.17. The number of para-hydroxylation sites is 1. The molecule has 0 radical (unpaired) electrons. The maximum absolute atomic E-state index is 12.7. The van der Waals surface area contributed by atoms with E-state index in [0.29, 0.717) is 30.9 Å². The second-order valence-corrected chi connectivity index (χ2v) is 10.8. The van der Waals surface area contributed by atoms with Gasteiger partial charge >= 0.3 is 0 Å². The van der Waals surface area contributed by atoms with Crippen LogP contribution in [0.5, 0.6) is 11.5 Å². The molecule has 210 valence electrons. The van der Waals surface area contributed by atoms with Gasteiger partial charge in [0.2, 0.25) is 5.91 Å². The first-order valence-electron chi connectivity index (χ1n) is 13.6. The van der Waals surface area contributed by atoms with Crippen molar-refractivity contribution < 1.29 is 14.3 Å². The maximum Gasteiger partial charge on any atom is 0.222 e. The second-order valence-electron chi connectivity index (χ2n) is 9.74. The van der Waals surface area contributed by atoms with Crippen LogP contribution in [0, 0.1) is 6.92 Å². The van der Waals surface area contributed by atoms with Crippen molar-refractivity contribution in [2.75, 3.05) is 33.6 Å². The Morgan fingerprint density at radius 3 is 2.40 bits per heavy atom. The first-order chi connectivity index (χ1) is 19.5. The number of methoxy groups -OCH3 is 2. The van der Waals surface area contributed by atoms with Crippen molar-refractivity contribution in [3.8, 4) is 17.2 Å². The molecule has 0 aliphatic heterocycles. The fourth-order valence-corrected chi connectivity index (χ4v) is 5.50. The molecule has 3 aromatic carbocycles. The number of aromatic nitrogens is 3. The first-order valence-corrected chi connectivity index (χ1v) is 14.6. The van der Waals surface area contributed by atoms with Gasteiger partial charge in [0.25, 0.3) is 0 Å². The van der Waals surface area contributed by atoms with E-state index in [9.17, 15) is 4.79 Å². The largest absolute Gasteiger partial charge is 0.493 e. The summed E-state index contributed by atoms with van der Waals surface area (Å²) in [4.78, 5) is 14.5. The Labute approximate surface area is 241 Å². The van der Waals surface area contributed by atoms with Crippen molar-refractivity contribution in [1.29, 1.82) is 0 Å². The number of rotatable bonds is 14. The Bertz CT molecular complexity index is 1390. The van der Waals surface area contributed by atoms with Crippen molar-refractivity contribution >= 4 is 17.7 Å². The predicted octanol–water partition coefficient (Wildman–Crippen LogP) is 6.15. The minimum atomic E-state index is 0.165. The molecule has 0 saturated heterocycles. The Kier molecular flexibility index (Phi) is 10.6. The lowest BCUT2D eigenvalue weighted by Gasteiger charge is -2.18. The van der Waals surface area contributed by atoms with Crippen LogP contribution in [0.4, 0.5) is 0 Å². The number of hydrogen-bond donors (Lipinski definition) is 0. The third-order valence-electron chi connectivity index (χ3n) is 6.89. The molecule has 0 aliphatic rings. The molecule has 4 aromatic rings. The molecule has 0 atom stereocenters. The Morgan fingerprint density at radius 2 is 1.65 bits per heavy atom. The van der Waals surface area contributed by atoms with Gasteiger partial charge in [-0.2, -0.15) is 0 Å². The topological polar surface area (TPSA) is 69.5 Å². The molecular weight excluding hydrogens is 520 g/mol. The van der Waals surface area contributed by atoms with Crippen molar-refractivity contribution in [1.82, 2.24) is 19.7 Å². The summed E-state index contributed by atoms with van der Waals surface area (Å²) in [7, 11) is 5.13. The number of aryl methyl sites for hydroxylation is 1. The van der Waals surface area contributed by atoms with Gasteiger partial charge in [-0.15, -0.1) is 10.2 Å². The molecule has 40 heavy (non-hydrogen) atoms. The molecule has 0 bridgehead atoms. The van der Waals surface area contributed by atoms with Crippen molar-refractivity contribution in [3.63, 3.8) is 0 Å². The zero-order valence-electron chi connectivity index (χ0n) is 23.8.